The summed E-state index contributed by atoms with van der Waals surface area (Å²) in [4.78, 5) is 11.3. The monoisotopic (exact) mass is 287 g/mol. The van der Waals surface area contributed by atoms with Gasteiger partial charge in [-0.1, -0.05) is 24.3 Å². The molecule has 108 valence electrons. The van der Waals surface area contributed by atoms with Crippen LogP contribution in [0.2, 0.25) is 0 Å². The molecule has 0 saturated heterocycles. The van der Waals surface area contributed by atoms with Crippen LogP contribution < -0.4 is 10.1 Å². The summed E-state index contributed by atoms with van der Waals surface area (Å²) in [6.45, 7) is 1.62. The number of rotatable bonds is 2. The van der Waals surface area contributed by atoms with Gasteiger partial charge in [0.05, 0.1) is 5.69 Å². The van der Waals surface area contributed by atoms with Crippen molar-refractivity contribution in [1.82, 2.24) is 0 Å². The lowest BCUT2D eigenvalue weighted by Gasteiger charge is -2.20. The number of nitrogens with one attached hydrogen (secondary N) is 1. The van der Waals surface area contributed by atoms with Crippen LogP contribution in [0.15, 0.2) is 36.4 Å². The lowest BCUT2D eigenvalue weighted by Crippen LogP contribution is -2.25. The third kappa shape index (κ3) is 2.48. The highest BCUT2D eigenvalue weighted by molar-refractivity contribution is 5.95. The van der Waals surface area contributed by atoms with Crippen LogP contribution in [0.5, 0.6) is 5.75 Å². The number of fused-ring (bicyclic) bond motifs is 1. The van der Waals surface area contributed by atoms with Crippen molar-refractivity contribution in [2.75, 3.05) is 11.9 Å². The number of benzene rings is 2. The predicted molar refractivity (Wildman–Crippen MR) is 75.8 cm³/mol. The number of aryl methyl sites for hydroxylation is 1. The second kappa shape index (κ2) is 5.18. The maximum Gasteiger partial charge on any atom is 0.262 e. The number of ether oxygens (including phenoxy) is 1. The Morgan fingerprint density at radius 2 is 2.14 bits per heavy atom. The van der Waals surface area contributed by atoms with Crippen molar-refractivity contribution in [1.29, 1.82) is 0 Å². The van der Waals surface area contributed by atoms with E-state index in [-0.39, 0.29) is 18.1 Å². The maximum atomic E-state index is 14.1. The van der Waals surface area contributed by atoms with E-state index in [4.69, 9.17) is 4.74 Å². The molecule has 2 aromatic carbocycles. The Balaban J connectivity index is 1.98. The number of hydrogen-bond donors (Lipinski definition) is 2. The van der Waals surface area contributed by atoms with Crippen molar-refractivity contribution in [3.8, 4) is 5.75 Å². The topological polar surface area (TPSA) is 58.6 Å². The summed E-state index contributed by atoms with van der Waals surface area (Å²) in [5.74, 6) is -0.144. The van der Waals surface area contributed by atoms with Crippen LogP contribution in [0.1, 0.15) is 22.8 Å². The number of halogens is 1. The molecule has 0 fully saturated rings. The number of amides is 1. The molecule has 1 heterocycles. The molecule has 1 unspecified atom stereocenters. The molecule has 0 aliphatic carbocycles. The van der Waals surface area contributed by atoms with E-state index in [1.54, 1.807) is 43.3 Å². The van der Waals surface area contributed by atoms with Crippen molar-refractivity contribution >= 4 is 11.6 Å². The van der Waals surface area contributed by atoms with Crippen LogP contribution in [0.4, 0.5) is 10.1 Å². The van der Waals surface area contributed by atoms with E-state index in [0.717, 1.165) is 0 Å². The third-order valence-electron chi connectivity index (χ3n) is 3.47. The van der Waals surface area contributed by atoms with Gasteiger partial charge in [0, 0.05) is 5.56 Å². The van der Waals surface area contributed by atoms with Crippen molar-refractivity contribution < 1.29 is 19.0 Å². The van der Waals surface area contributed by atoms with Crippen LogP contribution in [-0.2, 0) is 4.79 Å². The molecule has 5 heteroatoms. The second-order valence-electron chi connectivity index (χ2n) is 4.97. The van der Waals surface area contributed by atoms with Crippen LogP contribution in [0.25, 0.3) is 0 Å². The van der Waals surface area contributed by atoms with E-state index in [2.05, 4.69) is 5.32 Å². The molecule has 1 aliphatic heterocycles. The minimum Gasteiger partial charge on any atom is -0.482 e. The summed E-state index contributed by atoms with van der Waals surface area (Å²) in [5, 5.41) is 13.0. The highest BCUT2D eigenvalue weighted by Gasteiger charge is 2.20. The van der Waals surface area contributed by atoms with Gasteiger partial charge in [-0.3, -0.25) is 4.79 Å². The van der Waals surface area contributed by atoms with Gasteiger partial charge >= 0.3 is 0 Å². The summed E-state index contributed by atoms with van der Waals surface area (Å²) in [7, 11) is 0. The molecule has 4 nitrogen and oxygen atoms in total. The molecular formula is C16H14FNO3. The number of hydrogen-bond acceptors (Lipinski definition) is 3. The van der Waals surface area contributed by atoms with Gasteiger partial charge in [-0.15, -0.1) is 0 Å². The molecule has 21 heavy (non-hydrogen) atoms. The average molecular weight is 287 g/mol. The highest BCUT2D eigenvalue weighted by Crippen LogP contribution is 2.33. The minimum absolute atomic E-state index is 0.0264. The molecule has 1 amide bonds. The summed E-state index contributed by atoms with van der Waals surface area (Å²) < 4.78 is 19.3. The number of anilines is 1. The van der Waals surface area contributed by atoms with E-state index in [1.165, 1.54) is 0 Å². The zero-order valence-electron chi connectivity index (χ0n) is 11.4. The Morgan fingerprint density at radius 1 is 1.33 bits per heavy atom. The maximum absolute atomic E-state index is 14.1. The second-order valence-corrected chi connectivity index (χ2v) is 4.97. The first-order valence-electron chi connectivity index (χ1n) is 6.56. The lowest BCUT2D eigenvalue weighted by molar-refractivity contribution is -0.118. The molecule has 0 saturated carbocycles. The van der Waals surface area contributed by atoms with E-state index in [0.29, 0.717) is 22.6 Å². The first-order valence-corrected chi connectivity index (χ1v) is 6.56. The fourth-order valence-corrected chi connectivity index (χ4v) is 2.33. The zero-order valence-corrected chi connectivity index (χ0v) is 11.4. The van der Waals surface area contributed by atoms with Gasteiger partial charge in [0.15, 0.2) is 6.61 Å². The largest absolute Gasteiger partial charge is 0.482 e. The standard InChI is InChI=1S/C16H14FNO3/c1-9-3-2-4-11(15(9)17)16(20)10-5-6-13-12(7-10)18-14(19)8-21-13/h2-7,16,20H,8H2,1H3,(H,18,19). The number of aliphatic hydroxyl groups is 1. The first-order chi connectivity index (χ1) is 10.1. The first kappa shape index (κ1) is 13.6. The van der Waals surface area contributed by atoms with E-state index < -0.39 is 11.9 Å². The number of aliphatic hydroxyl groups excluding tert-OH is 1. The van der Waals surface area contributed by atoms with Gasteiger partial charge in [-0.25, -0.2) is 4.39 Å². The Morgan fingerprint density at radius 3 is 2.95 bits per heavy atom. The molecule has 2 aromatic rings. The molecule has 1 aliphatic rings. The quantitative estimate of drug-likeness (QED) is 0.892. The molecular weight excluding hydrogens is 273 g/mol. The SMILES string of the molecule is Cc1cccc(C(O)c2ccc3c(c2)NC(=O)CO3)c1F. The van der Waals surface area contributed by atoms with E-state index in [9.17, 15) is 14.3 Å². The molecule has 0 aromatic heterocycles. The van der Waals surface area contributed by atoms with Gasteiger partial charge in [0.1, 0.15) is 17.7 Å². The summed E-state index contributed by atoms with van der Waals surface area (Å²) in [6, 6.07) is 9.79. The molecule has 2 N–H and O–H groups in total. The van der Waals surface area contributed by atoms with E-state index in [1.807, 2.05) is 0 Å². The van der Waals surface area contributed by atoms with Gasteiger partial charge in [0.25, 0.3) is 5.91 Å². The highest BCUT2D eigenvalue weighted by atomic mass is 19.1. The fourth-order valence-electron chi connectivity index (χ4n) is 2.33. The Bertz CT molecular complexity index is 715. The van der Waals surface area contributed by atoms with Gasteiger partial charge in [-0.05, 0) is 30.2 Å². The zero-order chi connectivity index (χ0) is 15.0. The van der Waals surface area contributed by atoms with E-state index >= 15 is 0 Å². The molecule has 0 radical (unpaired) electrons. The van der Waals surface area contributed by atoms with Crippen LogP contribution in [0.3, 0.4) is 0 Å². The molecule has 0 spiro atoms. The Labute approximate surface area is 121 Å². The van der Waals surface area contributed by atoms with Gasteiger partial charge in [0.2, 0.25) is 0 Å². The summed E-state index contributed by atoms with van der Waals surface area (Å²) in [5.41, 5.74) is 1.65. The van der Waals surface area contributed by atoms with Crippen LogP contribution >= 0.6 is 0 Å². The van der Waals surface area contributed by atoms with Crippen LogP contribution in [-0.4, -0.2) is 17.6 Å². The average Bonchev–Trinajstić information content (AvgIpc) is 2.48. The van der Waals surface area contributed by atoms with Gasteiger partial charge in [-0.2, -0.15) is 0 Å². The number of carbonyl (C=O) groups is 1. The fraction of sp³-hybridized carbons (Fsp3) is 0.188. The molecule has 1 atom stereocenters. The summed E-state index contributed by atoms with van der Waals surface area (Å²) in [6.07, 6.45) is -1.10. The summed E-state index contributed by atoms with van der Waals surface area (Å²) >= 11 is 0. The van der Waals surface area contributed by atoms with Crippen molar-refractivity contribution in [2.24, 2.45) is 0 Å². The molecule has 0 bridgehead atoms. The Kier molecular flexibility index (Phi) is 3.35. The van der Waals surface area contributed by atoms with Crippen molar-refractivity contribution in [2.45, 2.75) is 13.0 Å². The Hall–Kier alpha value is -2.40. The molecule has 3 rings (SSSR count). The lowest BCUT2D eigenvalue weighted by atomic mass is 9.98. The van der Waals surface area contributed by atoms with Crippen molar-refractivity contribution in [3.05, 3.63) is 58.9 Å². The van der Waals surface area contributed by atoms with Crippen molar-refractivity contribution in [3.63, 3.8) is 0 Å². The number of carbonyl (C=O) groups excluding carboxylic acids is 1. The van der Waals surface area contributed by atoms with Crippen LogP contribution in [0, 0.1) is 12.7 Å². The van der Waals surface area contributed by atoms with Gasteiger partial charge < -0.3 is 15.2 Å². The minimum atomic E-state index is -1.10. The smallest absolute Gasteiger partial charge is 0.262 e. The predicted octanol–water partition coefficient (Wildman–Crippen LogP) is 2.55. The normalized spacial score (nSPS) is 14.9. The third-order valence-corrected chi connectivity index (χ3v) is 3.47.